The highest BCUT2D eigenvalue weighted by Gasteiger charge is 2.19. The predicted molar refractivity (Wildman–Crippen MR) is 56.1 cm³/mol. The van der Waals surface area contributed by atoms with Gasteiger partial charge in [-0.1, -0.05) is 11.8 Å². The molecule has 0 bridgehead atoms. The molecule has 0 aromatic carbocycles. The van der Waals surface area contributed by atoms with Gasteiger partial charge in [-0.15, -0.1) is 0 Å². The van der Waals surface area contributed by atoms with E-state index in [-0.39, 0.29) is 11.8 Å². The van der Waals surface area contributed by atoms with Crippen LogP contribution in [0.1, 0.15) is 0 Å². The minimum absolute atomic E-state index is 0.0407. The maximum Gasteiger partial charge on any atom is 0.249 e. The summed E-state index contributed by atoms with van der Waals surface area (Å²) in [4.78, 5) is 24.3. The fourth-order valence-electron chi connectivity index (χ4n) is 1.42. The molecule has 2 heterocycles. The first kappa shape index (κ1) is 10.5. The minimum Gasteiger partial charge on any atom is -0.378 e. The van der Waals surface area contributed by atoms with Gasteiger partial charge in [-0.25, -0.2) is 0 Å². The Morgan fingerprint density at radius 2 is 2.20 bits per heavy atom. The molecule has 2 fully saturated rings. The van der Waals surface area contributed by atoms with Crippen LogP contribution < -0.4 is 5.32 Å². The Morgan fingerprint density at radius 3 is 2.80 bits per heavy atom. The van der Waals surface area contributed by atoms with Gasteiger partial charge in [0.1, 0.15) is 0 Å². The van der Waals surface area contributed by atoms with Gasteiger partial charge in [0.15, 0.2) is 0 Å². The molecule has 2 aliphatic heterocycles. The van der Waals surface area contributed by atoms with Gasteiger partial charge >= 0.3 is 0 Å². The zero-order valence-corrected chi connectivity index (χ0v) is 9.01. The number of nitrogens with one attached hydrogen (secondary N) is 1. The van der Waals surface area contributed by atoms with E-state index in [1.807, 2.05) is 0 Å². The zero-order valence-electron chi connectivity index (χ0n) is 8.19. The van der Waals surface area contributed by atoms with Crippen LogP contribution in [0.15, 0.2) is 11.1 Å². The average Bonchev–Trinajstić information content (AvgIpc) is 2.65. The summed E-state index contributed by atoms with van der Waals surface area (Å²) in [6.07, 6.45) is 1.49. The van der Waals surface area contributed by atoms with Crippen molar-refractivity contribution in [1.29, 1.82) is 0 Å². The summed E-state index contributed by atoms with van der Waals surface area (Å²) in [6, 6.07) is 0. The van der Waals surface area contributed by atoms with Crippen LogP contribution in [-0.2, 0) is 14.3 Å². The number of hydrogen-bond donors (Lipinski definition) is 1. The molecule has 6 heteroatoms. The van der Waals surface area contributed by atoms with Gasteiger partial charge in [-0.3, -0.25) is 9.59 Å². The number of thioether (sulfide) groups is 1. The summed E-state index contributed by atoms with van der Waals surface area (Å²) < 4.78 is 5.15. The van der Waals surface area contributed by atoms with Gasteiger partial charge in [-0.05, 0) is 0 Å². The number of nitrogens with zero attached hydrogens (tertiary/aromatic N) is 1. The largest absolute Gasteiger partial charge is 0.378 e. The Hall–Kier alpha value is -1.01. The van der Waals surface area contributed by atoms with E-state index >= 15 is 0 Å². The maximum atomic E-state index is 11.7. The molecule has 0 saturated carbocycles. The molecular weight excluding hydrogens is 216 g/mol. The van der Waals surface area contributed by atoms with Crippen LogP contribution in [0.2, 0.25) is 0 Å². The van der Waals surface area contributed by atoms with Crippen molar-refractivity contribution in [2.24, 2.45) is 0 Å². The van der Waals surface area contributed by atoms with E-state index in [1.54, 1.807) is 4.90 Å². The SMILES string of the molecule is O=C1CSC(=CC(=O)N2CCOCC2)N1. The van der Waals surface area contributed by atoms with Crippen molar-refractivity contribution in [2.75, 3.05) is 32.1 Å². The molecule has 0 aliphatic carbocycles. The molecule has 15 heavy (non-hydrogen) atoms. The van der Waals surface area contributed by atoms with Crippen LogP contribution in [0, 0.1) is 0 Å². The smallest absolute Gasteiger partial charge is 0.249 e. The van der Waals surface area contributed by atoms with Crippen molar-refractivity contribution < 1.29 is 14.3 Å². The van der Waals surface area contributed by atoms with Crippen LogP contribution in [-0.4, -0.2) is 48.8 Å². The fourth-order valence-corrected chi connectivity index (χ4v) is 2.15. The number of amides is 2. The topological polar surface area (TPSA) is 58.6 Å². The van der Waals surface area contributed by atoms with Crippen molar-refractivity contribution in [1.82, 2.24) is 10.2 Å². The van der Waals surface area contributed by atoms with Crippen LogP contribution in [0.5, 0.6) is 0 Å². The first-order valence-corrected chi connectivity index (χ1v) is 5.75. The second-order valence-electron chi connectivity index (χ2n) is 3.28. The molecule has 1 N–H and O–H groups in total. The summed E-state index contributed by atoms with van der Waals surface area (Å²) in [7, 11) is 0. The van der Waals surface area contributed by atoms with Gasteiger partial charge in [0.2, 0.25) is 11.8 Å². The molecule has 82 valence electrons. The van der Waals surface area contributed by atoms with E-state index < -0.39 is 0 Å². The normalized spacial score (nSPS) is 24.4. The van der Waals surface area contributed by atoms with Gasteiger partial charge in [0, 0.05) is 19.2 Å². The van der Waals surface area contributed by atoms with E-state index in [1.165, 1.54) is 17.8 Å². The molecule has 0 aromatic heterocycles. The number of carbonyl (C=O) groups excluding carboxylic acids is 2. The lowest BCUT2D eigenvalue weighted by Crippen LogP contribution is -2.40. The molecule has 0 aromatic rings. The third-order valence-electron chi connectivity index (χ3n) is 2.20. The molecule has 2 rings (SSSR count). The Balaban J connectivity index is 1.93. The summed E-state index contributed by atoms with van der Waals surface area (Å²) in [5.41, 5.74) is 0. The summed E-state index contributed by atoms with van der Waals surface area (Å²) in [6.45, 7) is 2.44. The first-order valence-electron chi connectivity index (χ1n) is 4.77. The van der Waals surface area contributed by atoms with E-state index in [9.17, 15) is 9.59 Å². The van der Waals surface area contributed by atoms with Crippen molar-refractivity contribution in [2.45, 2.75) is 0 Å². The number of ether oxygens (including phenoxy) is 1. The molecular formula is C9H12N2O3S. The standard InChI is InChI=1S/C9H12N2O3S/c12-7-6-15-8(10-7)5-9(13)11-1-3-14-4-2-11/h5H,1-4,6H2,(H,10,12). The van der Waals surface area contributed by atoms with Gasteiger partial charge in [0.25, 0.3) is 0 Å². The number of morpholine rings is 1. The van der Waals surface area contributed by atoms with Crippen molar-refractivity contribution >= 4 is 23.6 Å². The molecule has 0 unspecified atom stereocenters. The van der Waals surface area contributed by atoms with Crippen LogP contribution in [0.25, 0.3) is 0 Å². The number of rotatable bonds is 1. The Labute approximate surface area is 91.8 Å². The summed E-state index contributed by atoms with van der Waals surface area (Å²) in [5.74, 6) is 0.311. The number of hydrogen-bond acceptors (Lipinski definition) is 4. The molecule has 5 nitrogen and oxygen atoms in total. The van der Waals surface area contributed by atoms with Gasteiger partial charge in [-0.2, -0.15) is 0 Å². The lowest BCUT2D eigenvalue weighted by Gasteiger charge is -2.25. The number of carbonyl (C=O) groups is 2. The van der Waals surface area contributed by atoms with Crippen LogP contribution in [0.4, 0.5) is 0 Å². The van der Waals surface area contributed by atoms with E-state index in [0.717, 1.165) is 0 Å². The average molecular weight is 228 g/mol. The van der Waals surface area contributed by atoms with Crippen LogP contribution in [0.3, 0.4) is 0 Å². The highest BCUT2D eigenvalue weighted by atomic mass is 32.2. The predicted octanol–water partition coefficient (Wildman–Crippen LogP) is -0.450. The molecule has 2 saturated heterocycles. The second-order valence-corrected chi connectivity index (χ2v) is 4.30. The molecule has 0 atom stereocenters. The quantitative estimate of drug-likeness (QED) is 0.618. The van der Waals surface area contributed by atoms with Gasteiger partial charge < -0.3 is 15.0 Å². The second kappa shape index (κ2) is 4.67. The highest BCUT2D eigenvalue weighted by molar-refractivity contribution is 8.04. The highest BCUT2D eigenvalue weighted by Crippen LogP contribution is 2.18. The maximum absolute atomic E-state index is 11.7. The van der Waals surface area contributed by atoms with Crippen molar-refractivity contribution in [3.05, 3.63) is 11.1 Å². The summed E-state index contributed by atoms with van der Waals surface area (Å²) in [5, 5.41) is 3.28. The third kappa shape index (κ3) is 2.73. The molecule has 0 spiro atoms. The summed E-state index contributed by atoms with van der Waals surface area (Å²) >= 11 is 1.36. The van der Waals surface area contributed by atoms with E-state index in [2.05, 4.69) is 5.32 Å². The third-order valence-corrected chi connectivity index (χ3v) is 3.14. The van der Waals surface area contributed by atoms with E-state index in [0.29, 0.717) is 37.1 Å². The zero-order chi connectivity index (χ0) is 10.7. The Morgan fingerprint density at radius 1 is 1.47 bits per heavy atom. The lowest BCUT2D eigenvalue weighted by atomic mass is 10.4. The monoisotopic (exact) mass is 228 g/mol. The Bertz CT molecular complexity index is 310. The van der Waals surface area contributed by atoms with Crippen molar-refractivity contribution in [3.63, 3.8) is 0 Å². The fraction of sp³-hybridized carbons (Fsp3) is 0.556. The van der Waals surface area contributed by atoms with E-state index in [4.69, 9.17) is 4.74 Å². The molecule has 2 aliphatic rings. The van der Waals surface area contributed by atoms with Gasteiger partial charge in [0.05, 0.1) is 24.0 Å². The first-order chi connectivity index (χ1) is 7.25. The molecule has 0 radical (unpaired) electrons. The molecule has 2 amide bonds. The van der Waals surface area contributed by atoms with Crippen LogP contribution >= 0.6 is 11.8 Å². The lowest BCUT2D eigenvalue weighted by molar-refractivity contribution is -0.130. The minimum atomic E-state index is -0.0528. The Kier molecular flexibility index (Phi) is 3.27. The van der Waals surface area contributed by atoms with Crippen molar-refractivity contribution in [3.8, 4) is 0 Å².